The van der Waals surface area contributed by atoms with Gasteiger partial charge in [-0.25, -0.2) is 4.98 Å². The van der Waals surface area contributed by atoms with E-state index < -0.39 is 0 Å². The van der Waals surface area contributed by atoms with Crippen molar-refractivity contribution in [3.05, 3.63) is 47.3 Å². The standard InChI is InChI=1S/C22H27N5O2/c1-15-9-17(28-2)11-18(10-15)29-14-16-12-26(13-16)22-19-3-6-23-7-4-20(19)25-21-5-8-24-27(21)22/h5,8-11,16,23H,3-4,6-7,12-14H2,1-2H3. The summed E-state index contributed by atoms with van der Waals surface area (Å²) >= 11 is 0. The molecule has 152 valence electrons. The highest BCUT2D eigenvalue weighted by Gasteiger charge is 2.32. The Balaban J connectivity index is 1.31. The van der Waals surface area contributed by atoms with Gasteiger partial charge < -0.3 is 19.7 Å². The molecule has 0 amide bonds. The number of aromatic nitrogens is 3. The number of aryl methyl sites for hydroxylation is 1. The van der Waals surface area contributed by atoms with Crippen molar-refractivity contribution in [3.8, 4) is 11.5 Å². The maximum Gasteiger partial charge on any atom is 0.157 e. The summed E-state index contributed by atoms with van der Waals surface area (Å²) in [7, 11) is 1.69. The molecule has 0 aliphatic carbocycles. The monoisotopic (exact) mass is 393 g/mol. The zero-order valence-electron chi connectivity index (χ0n) is 17.0. The predicted octanol–water partition coefficient (Wildman–Crippen LogP) is 2.25. The van der Waals surface area contributed by atoms with E-state index in [1.807, 2.05) is 28.9 Å². The van der Waals surface area contributed by atoms with Crippen molar-refractivity contribution >= 4 is 11.5 Å². The van der Waals surface area contributed by atoms with Crippen molar-refractivity contribution in [2.24, 2.45) is 5.92 Å². The fraction of sp³-hybridized carbons (Fsp3) is 0.455. The largest absolute Gasteiger partial charge is 0.497 e. The minimum Gasteiger partial charge on any atom is -0.497 e. The van der Waals surface area contributed by atoms with Gasteiger partial charge in [0.25, 0.3) is 0 Å². The van der Waals surface area contributed by atoms with Crippen LogP contribution in [0.5, 0.6) is 11.5 Å². The molecule has 3 aromatic rings. The Morgan fingerprint density at radius 1 is 1.14 bits per heavy atom. The maximum atomic E-state index is 6.07. The van der Waals surface area contributed by atoms with Gasteiger partial charge in [0.1, 0.15) is 17.3 Å². The number of rotatable bonds is 5. The SMILES string of the molecule is COc1cc(C)cc(OCC2CN(c3c4c(nc5ccnn35)CCNCC4)C2)c1. The van der Waals surface area contributed by atoms with E-state index in [9.17, 15) is 0 Å². The summed E-state index contributed by atoms with van der Waals surface area (Å²) in [6.07, 6.45) is 3.81. The van der Waals surface area contributed by atoms with Gasteiger partial charge in [0.2, 0.25) is 0 Å². The van der Waals surface area contributed by atoms with Crippen molar-refractivity contribution in [2.75, 3.05) is 44.8 Å². The molecule has 2 aromatic heterocycles. The van der Waals surface area contributed by atoms with Crippen LogP contribution in [0.4, 0.5) is 5.82 Å². The first-order chi connectivity index (χ1) is 14.2. The molecular formula is C22H27N5O2. The van der Waals surface area contributed by atoms with Gasteiger partial charge in [-0.3, -0.25) is 0 Å². The van der Waals surface area contributed by atoms with E-state index in [1.165, 1.54) is 17.1 Å². The van der Waals surface area contributed by atoms with Crippen molar-refractivity contribution in [2.45, 2.75) is 19.8 Å². The van der Waals surface area contributed by atoms with Crippen molar-refractivity contribution < 1.29 is 9.47 Å². The Hall–Kier alpha value is -2.80. The lowest BCUT2D eigenvalue weighted by molar-refractivity contribution is 0.218. The molecule has 1 fully saturated rings. The summed E-state index contributed by atoms with van der Waals surface area (Å²) in [6, 6.07) is 8.01. The Kier molecular flexibility index (Phi) is 4.75. The average Bonchev–Trinajstić information content (AvgIpc) is 3.02. The van der Waals surface area contributed by atoms with Crippen LogP contribution in [0.1, 0.15) is 16.8 Å². The Bertz CT molecular complexity index is 1030. The van der Waals surface area contributed by atoms with E-state index >= 15 is 0 Å². The van der Waals surface area contributed by atoms with Crippen LogP contribution in [0.3, 0.4) is 0 Å². The summed E-state index contributed by atoms with van der Waals surface area (Å²) < 4.78 is 13.4. The molecule has 29 heavy (non-hydrogen) atoms. The molecule has 0 unspecified atom stereocenters. The molecule has 2 aliphatic heterocycles. The number of anilines is 1. The van der Waals surface area contributed by atoms with Gasteiger partial charge in [-0.15, -0.1) is 0 Å². The summed E-state index contributed by atoms with van der Waals surface area (Å²) in [5.74, 6) is 3.43. The van der Waals surface area contributed by atoms with Crippen molar-refractivity contribution in [3.63, 3.8) is 0 Å². The minimum absolute atomic E-state index is 0.500. The van der Waals surface area contributed by atoms with Gasteiger partial charge in [-0.05, 0) is 37.6 Å². The Morgan fingerprint density at radius 2 is 1.97 bits per heavy atom. The second kappa shape index (κ2) is 7.55. The van der Waals surface area contributed by atoms with Gasteiger partial charge in [0.15, 0.2) is 5.65 Å². The molecule has 5 rings (SSSR count). The van der Waals surface area contributed by atoms with Crippen molar-refractivity contribution in [1.29, 1.82) is 0 Å². The molecule has 7 heteroatoms. The fourth-order valence-electron chi connectivity index (χ4n) is 4.32. The van der Waals surface area contributed by atoms with Gasteiger partial charge in [0, 0.05) is 49.7 Å². The molecule has 0 bridgehead atoms. The molecule has 1 saturated heterocycles. The predicted molar refractivity (Wildman–Crippen MR) is 112 cm³/mol. The van der Waals surface area contributed by atoms with Crippen LogP contribution in [0.25, 0.3) is 5.65 Å². The third kappa shape index (κ3) is 3.51. The molecule has 2 aliphatic rings. The minimum atomic E-state index is 0.500. The van der Waals surface area contributed by atoms with Gasteiger partial charge in [0.05, 0.1) is 25.6 Å². The van der Waals surface area contributed by atoms with Crippen LogP contribution in [0, 0.1) is 12.8 Å². The maximum absolute atomic E-state index is 6.07. The number of fused-ring (bicyclic) bond motifs is 2. The summed E-state index contributed by atoms with van der Waals surface area (Å²) in [5, 5.41) is 8.04. The molecule has 1 aromatic carbocycles. The zero-order chi connectivity index (χ0) is 19.8. The third-order valence-corrected chi connectivity index (χ3v) is 5.78. The Morgan fingerprint density at radius 3 is 2.83 bits per heavy atom. The van der Waals surface area contributed by atoms with Crippen molar-refractivity contribution in [1.82, 2.24) is 19.9 Å². The summed E-state index contributed by atoms with van der Waals surface area (Å²) in [6.45, 7) is 6.69. The second-order valence-electron chi connectivity index (χ2n) is 7.98. The van der Waals surface area contributed by atoms with Crippen LogP contribution in [0.2, 0.25) is 0 Å². The van der Waals surface area contributed by atoms with Crippen LogP contribution in [-0.4, -0.2) is 54.5 Å². The summed E-state index contributed by atoms with van der Waals surface area (Å²) in [4.78, 5) is 7.28. The smallest absolute Gasteiger partial charge is 0.157 e. The van der Waals surface area contributed by atoms with E-state index in [4.69, 9.17) is 14.5 Å². The highest BCUT2D eigenvalue weighted by Crippen LogP contribution is 2.32. The number of benzene rings is 1. The van der Waals surface area contributed by atoms with Crippen LogP contribution in [-0.2, 0) is 12.8 Å². The van der Waals surface area contributed by atoms with Crippen LogP contribution in [0.15, 0.2) is 30.5 Å². The molecule has 1 N–H and O–H groups in total. The molecule has 0 atom stereocenters. The van der Waals surface area contributed by atoms with Crippen LogP contribution < -0.4 is 19.7 Å². The van der Waals surface area contributed by atoms with E-state index in [-0.39, 0.29) is 0 Å². The lowest BCUT2D eigenvalue weighted by atomic mass is 9.99. The lowest BCUT2D eigenvalue weighted by Gasteiger charge is -2.41. The van der Waals surface area contributed by atoms with E-state index in [1.54, 1.807) is 7.11 Å². The summed E-state index contributed by atoms with van der Waals surface area (Å²) in [5.41, 5.74) is 4.63. The first-order valence-electron chi connectivity index (χ1n) is 10.3. The highest BCUT2D eigenvalue weighted by atomic mass is 16.5. The highest BCUT2D eigenvalue weighted by molar-refractivity contribution is 5.59. The number of hydrogen-bond donors (Lipinski definition) is 1. The first-order valence-corrected chi connectivity index (χ1v) is 10.3. The molecule has 7 nitrogen and oxygen atoms in total. The molecule has 0 radical (unpaired) electrons. The molecule has 0 saturated carbocycles. The van der Waals surface area contributed by atoms with E-state index in [0.29, 0.717) is 12.5 Å². The van der Waals surface area contributed by atoms with E-state index in [0.717, 1.165) is 61.7 Å². The number of nitrogens with one attached hydrogen (secondary N) is 1. The number of ether oxygens (including phenoxy) is 2. The van der Waals surface area contributed by atoms with Gasteiger partial charge in [-0.1, -0.05) is 0 Å². The van der Waals surface area contributed by atoms with E-state index in [2.05, 4.69) is 28.3 Å². The molecular weight excluding hydrogens is 366 g/mol. The third-order valence-electron chi connectivity index (χ3n) is 5.78. The average molecular weight is 393 g/mol. The number of nitrogens with zero attached hydrogens (tertiary/aromatic N) is 4. The van der Waals surface area contributed by atoms with Gasteiger partial charge >= 0.3 is 0 Å². The quantitative estimate of drug-likeness (QED) is 0.717. The zero-order valence-corrected chi connectivity index (χ0v) is 17.0. The fourth-order valence-corrected chi connectivity index (χ4v) is 4.32. The molecule has 4 heterocycles. The van der Waals surface area contributed by atoms with Gasteiger partial charge in [-0.2, -0.15) is 9.61 Å². The normalized spacial score (nSPS) is 17.0. The lowest BCUT2D eigenvalue weighted by Crippen LogP contribution is -2.50. The topological polar surface area (TPSA) is 63.9 Å². The second-order valence-corrected chi connectivity index (χ2v) is 7.98. The number of hydrogen-bond acceptors (Lipinski definition) is 6. The molecule has 0 spiro atoms. The first kappa shape index (κ1) is 18.2. The Labute approximate surface area is 170 Å². The van der Waals surface area contributed by atoms with Crippen LogP contribution >= 0.6 is 0 Å². The number of methoxy groups -OCH3 is 1.